The Bertz CT molecular complexity index is 319. The first-order chi connectivity index (χ1) is 8.15. The molecule has 17 heavy (non-hydrogen) atoms. The average Bonchev–Trinajstić information content (AvgIpc) is 2.50. The van der Waals surface area contributed by atoms with Gasteiger partial charge in [-0.15, -0.1) is 0 Å². The number of urea groups is 1. The van der Waals surface area contributed by atoms with E-state index in [-0.39, 0.29) is 30.4 Å². The minimum Gasteiger partial charge on any atom is -0.330 e. The van der Waals surface area contributed by atoms with Gasteiger partial charge in [-0.25, -0.2) is 4.79 Å². The Labute approximate surface area is 102 Å². The summed E-state index contributed by atoms with van der Waals surface area (Å²) in [5.74, 6) is 0.208. The van der Waals surface area contributed by atoms with Gasteiger partial charge in [0.25, 0.3) is 5.91 Å². The van der Waals surface area contributed by atoms with E-state index in [0.29, 0.717) is 6.54 Å². The van der Waals surface area contributed by atoms with Gasteiger partial charge in [0.2, 0.25) is 0 Å². The normalized spacial score (nSPS) is 30.9. The predicted octanol–water partition coefficient (Wildman–Crippen LogP) is 0.788. The molecule has 2 fully saturated rings. The monoisotopic (exact) mass is 239 g/mol. The zero-order valence-corrected chi connectivity index (χ0v) is 10.4. The van der Waals surface area contributed by atoms with E-state index < -0.39 is 0 Å². The van der Waals surface area contributed by atoms with Crippen molar-refractivity contribution >= 4 is 11.9 Å². The summed E-state index contributed by atoms with van der Waals surface area (Å²) in [6.07, 6.45) is 5.36. The number of likely N-dealkylation sites (N-methyl/N-ethyl adjacent to an activating group) is 1. The lowest BCUT2D eigenvalue weighted by atomic mass is 9.93. The van der Waals surface area contributed by atoms with Crippen molar-refractivity contribution in [3.8, 4) is 0 Å². The zero-order valence-electron chi connectivity index (χ0n) is 10.4. The smallest absolute Gasteiger partial charge is 0.327 e. The number of hydrogen-bond acceptors (Lipinski definition) is 3. The minimum absolute atomic E-state index is 0.0208. The third kappa shape index (κ3) is 2.29. The van der Waals surface area contributed by atoms with Crippen LogP contribution >= 0.6 is 0 Å². The van der Waals surface area contributed by atoms with Crippen LogP contribution < -0.4 is 5.73 Å². The van der Waals surface area contributed by atoms with Gasteiger partial charge in [0.05, 0.1) is 0 Å². The van der Waals surface area contributed by atoms with Crippen LogP contribution in [-0.4, -0.2) is 47.9 Å². The van der Waals surface area contributed by atoms with E-state index in [1.54, 1.807) is 7.05 Å². The molecule has 0 aromatic heterocycles. The highest BCUT2D eigenvalue weighted by molar-refractivity contribution is 6.02. The number of carbonyl (C=O) groups excluding carboxylic acids is 2. The fourth-order valence-electron chi connectivity index (χ4n) is 2.94. The Morgan fingerprint density at radius 2 is 1.94 bits per heavy atom. The van der Waals surface area contributed by atoms with E-state index in [4.69, 9.17) is 5.73 Å². The highest BCUT2D eigenvalue weighted by Gasteiger charge is 2.41. The Hall–Kier alpha value is -1.10. The molecule has 2 rings (SSSR count). The molecule has 0 spiro atoms. The number of nitrogens with zero attached hydrogens (tertiary/aromatic N) is 2. The van der Waals surface area contributed by atoms with Crippen molar-refractivity contribution < 1.29 is 9.59 Å². The number of amides is 3. The first-order valence-corrected chi connectivity index (χ1v) is 6.42. The molecule has 2 atom stereocenters. The third-order valence-electron chi connectivity index (χ3n) is 3.93. The maximum absolute atomic E-state index is 12.0. The van der Waals surface area contributed by atoms with Crippen LogP contribution in [0.2, 0.25) is 0 Å². The molecule has 3 amide bonds. The molecule has 1 aliphatic heterocycles. The summed E-state index contributed by atoms with van der Waals surface area (Å²) in [5.41, 5.74) is 5.79. The fourth-order valence-corrected chi connectivity index (χ4v) is 2.94. The van der Waals surface area contributed by atoms with Crippen LogP contribution in [0.5, 0.6) is 0 Å². The van der Waals surface area contributed by atoms with Crippen molar-refractivity contribution in [1.29, 1.82) is 0 Å². The van der Waals surface area contributed by atoms with Crippen molar-refractivity contribution in [1.82, 2.24) is 9.80 Å². The quantitative estimate of drug-likeness (QED) is 0.572. The molecule has 0 aromatic rings. The summed E-state index contributed by atoms with van der Waals surface area (Å²) in [6, 6.07) is -0.132. The van der Waals surface area contributed by atoms with Crippen LogP contribution in [-0.2, 0) is 4.79 Å². The van der Waals surface area contributed by atoms with Crippen LogP contribution in [0.15, 0.2) is 0 Å². The predicted molar refractivity (Wildman–Crippen MR) is 64.3 cm³/mol. The average molecular weight is 239 g/mol. The molecule has 5 nitrogen and oxygen atoms in total. The van der Waals surface area contributed by atoms with E-state index in [2.05, 4.69) is 0 Å². The van der Waals surface area contributed by atoms with Crippen LogP contribution in [0.4, 0.5) is 4.79 Å². The lowest BCUT2D eigenvalue weighted by Crippen LogP contribution is -2.46. The van der Waals surface area contributed by atoms with E-state index in [1.165, 1.54) is 16.2 Å². The highest BCUT2D eigenvalue weighted by Crippen LogP contribution is 2.29. The van der Waals surface area contributed by atoms with Crippen LogP contribution in [0.1, 0.15) is 32.1 Å². The van der Waals surface area contributed by atoms with Crippen molar-refractivity contribution in [2.45, 2.75) is 38.1 Å². The van der Waals surface area contributed by atoms with E-state index in [0.717, 1.165) is 25.7 Å². The SMILES string of the molecule is CN1CC(=O)N(C2CCCCCC2CN)C1=O. The molecule has 0 radical (unpaired) electrons. The standard InChI is InChI=1S/C12H21N3O2/c1-14-8-11(16)15(12(14)17)10-6-4-2-3-5-9(10)7-13/h9-10H,2-8,13H2,1H3. The molecule has 1 aliphatic carbocycles. The van der Waals surface area contributed by atoms with Crippen molar-refractivity contribution in [2.75, 3.05) is 20.1 Å². The number of imide groups is 1. The Morgan fingerprint density at radius 3 is 2.53 bits per heavy atom. The number of hydrogen-bond donors (Lipinski definition) is 1. The van der Waals surface area contributed by atoms with Gasteiger partial charge in [-0.2, -0.15) is 0 Å². The van der Waals surface area contributed by atoms with E-state index >= 15 is 0 Å². The van der Waals surface area contributed by atoms with Crippen molar-refractivity contribution in [3.63, 3.8) is 0 Å². The molecular weight excluding hydrogens is 218 g/mol. The van der Waals surface area contributed by atoms with Crippen LogP contribution in [0.25, 0.3) is 0 Å². The van der Waals surface area contributed by atoms with Gasteiger partial charge in [0.15, 0.2) is 0 Å². The minimum atomic E-state index is -0.152. The summed E-state index contributed by atoms with van der Waals surface area (Å²) in [5, 5.41) is 0. The highest BCUT2D eigenvalue weighted by atomic mass is 16.2. The Morgan fingerprint density at radius 1 is 1.24 bits per heavy atom. The number of carbonyl (C=O) groups is 2. The van der Waals surface area contributed by atoms with Crippen molar-refractivity contribution in [3.05, 3.63) is 0 Å². The van der Waals surface area contributed by atoms with E-state index in [9.17, 15) is 9.59 Å². The Kier molecular flexibility index (Phi) is 3.66. The van der Waals surface area contributed by atoms with Gasteiger partial charge in [-0.05, 0) is 25.3 Å². The second kappa shape index (κ2) is 5.04. The maximum Gasteiger partial charge on any atom is 0.327 e. The topological polar surface area (TPSA) is 66.6 Å². The molecule has 0 bridgehead atoms. The fraction of sp³-hybridized carbons (Fsp3) is 0.833. The third-order valence-corrected chi connectivity index (χ3v) is 3.93. The van der Waals surface area contributed by atoms with Gasteiger partial charge in [0, 0.05) is 13.1 Å². The molecule has 2 aliphatic rings. The first kappa shape index (κ1) is 12.4. The lowest BCUT2D eigenvalue weighted by molar-refractivity contribution is -0.127. The molecule has 5 heteroatoms. The number of nitrogens with two attached hydrogens (primary N) is 1. The van der Waals surface area contributed by atoms with E-state index in [1.807, 2.05) is 0 Å². The van der Waals surface area contributed by atoms with Gasteiger partial charge < -0.3 is 10.6 Å². The first-order valence-electron chi connectivity index (χ1n) is 6.42. The van der Waals surface area contributed by atoms with Crippen molar-refractivity contribution in [2.24, 2.45) is 11.7 Å². The zero-order chi connectivity index (χ0) is 12.4. The molecular formula is C12H21N3O2. The largest absolute Gasteiger partial charge is 0.330 e. The molecule has 1 saturated carbocycles. The van der Waals surface area contributed by atoms with Gasteiger partial charge >= 0.3 is 6.03 Å². The molecule has 2 N–H and O–H groups in total. The second-order valence-electron chi connectivity index (χ2n) is 5.10. The molecule has 0 aromatic carbocycles. The Balaban J connectivity index is 2.18. The summed E-state index contributed by atoms with van der Waals surface area (Å²) in [6.45, 7) is 0.776. The van der Waals surface area contributed by atoms with Gasteiger partial charge in [0.1, 0.15) is 6.54 Å². The molecule has 96 valence electrons. The lowest BCUT2D eigenvalue weighted by Gasteiger charge is -2.30. The summed E-state index contributed by atoms with van der Waals surface area (Å²) in [4.78, 5) is 26.8. The summed E-state index contributed by atoms with van der Waals surface area (Å²) in [7, 11) is 1.67. The molecule has 1 saturated heterocycles. The summed E-state index contributed by atoms with van der Waals surface area (Å²) < 4.78 is 0. The number of rotatable bonds is 2. The second-order valence-corrected chi connectivity index (χ2v) is 5.10. The van der Waals surface area contributed by atoms with Gasteiger partial charge in [-0.1, -0.05) is 19.3 Å². The molecule has 2 unspecified atom stereocenters. The van der Waals surface area contributed by atoms with Gasteiger partial charge in [-0.3, -0.25) is 9.69 Å². The summed E-state index contributed by atoms with van der Waals surface area (Å²) >= 11 is 0. The van der Waals surface area contributed by atoms with Crippen LogP contribution in [0.3, 0.4) is 0 Å². The molecule has 1 heterocycles. The van der Waals surface area contributed by atoms with Crippen LogP contribution in [0, 0.1) is 5.92 Å². The maximum atomic E-state index is 12.0.